The Balaban J connectivity index is 1.67. The number of imidazole rings is 1. The van der Waals surface area contributed by atoms with E-state index in [1.54, 1.807) is 27.7 Å². The van der Waals surface area contributed by atoms with E-state index in [2.05, 4.69) is 20.9 Å². The van der Waals surface area contributed by atoms with E-state index in [-0.39, 0.29) is 18.1 Å². The molecule has 0 spiro atoms. The van der Waals surface area contributed by atoms with Crippen LogP contribution in [0.2, 0.25) is 10.0 Å². The molecule has 5 rings (SSSR count). The molecule has 1 unspecified atom stereocenters. The molecule has 0 radical (unpaired) electrons. The first-order valence-electron chi connectivity index (χ1n) is 11.0. The molecule has 0 saturated carbocycles. The average Bonchev–Trinajstić information content (AvgIpc) is 3.34. The van der Waals surface area contributed by atoms with Gasteiger partial charge in [0.2, 0.25) is 5.95 Å². The van der Waals surface area contributed by atoms with Gasteiger partial charge in [-0.3, -0.25) is 9.47 Å². The third-order valence-electron chi connectivity index (χ3n) is 6.41. The van der Waals surface area contributed by atoms with Crippen LogP contribution in [0.4, 0.5) is 11.6 Å². The Morgan fingerprint density at radius 2 is 1.77 bits per heavy atom. The highest BCUT2D eigenvalue weighted by atomic mass is 79.9. The van der Waals surface area contributed by atoms with Gasteiger partial charge >= 0.3 is 0 Å². The van der Waals surface area contributed by atoms with Crippen LogP contribution < -0.4 is 4.90 Å². The topological polar surface area (TPSA) is 87.9 Å². The van der Waals surface area contributed by atoms with Gasteiger partial charge < -0.3 is 9.84 Å². The molecule has 2 aliphatic heterocycles. The van der Waals surface area contributed by atoms with E-state index in [1.165, 1.54) is 10.5 Å². The lowest BCUT2D eigenvalue weighted by Gasteiger charge is -2.34. The third-order valence-corrected chi connectivity index (χ3v) is 9.24. The summed E-state index contributed by atoms with van der Waals surface area (Å²) in [4.78, 5) is 6.05. The number of fused-ring (bicyclic) bond motifs is 1. The van der Waals surface area contributed by atoms with Crippen LogP contribution in [0.15, 0.2) is 58.2 Å². The van der Waals surface area contributed by atoms with Crippen molar-refractivity contribution in [2.45, 2.75) is 30.1 Å². The number of aliphatic hydroxyl groups excluding tert-OH is 1. The second-order valence-electron chi connectivity index (χ2n) is 8.78. The summed E-state index contributed by atoms with van der Waals surface area (Å²) in [5, 5.41) is 12.5. The lowest BCUT2D eigenvalue weighted by Crippen LogP contribution is -2.47. The molecule has 0 aliphatic carbocycles. The van der Waals surface area contributed by atoms with Crippen LogP contribution in [-0.4, -0.2) is 59.9 Å². The Morgan fingerprint density at radius 1 is 1.14 bits per heavy atom. The predicted molar refractivity (Wildman–Crippen MR) is 138 cm³/mol. The maximum atomic E-state index is 13.7. The molecule has 3 heterocycles. The monoisotopic (exact) mass is 600 g/mol. The normalized spacial score (nSPS) is 23.0. The number of aliphatic hydroxyl groups is 1. The summed E-state index contributed by atoms with van der Waals surface area (Å²) < 4.78 is 36.7. The van der Waals surface area contributed by atoms with E-state index < -0.39 is 21.8 Å². The van der Waals surface area contributed by atoms with E-state index in [0.29, 0.717) is 41.3 Å². The highest BCUT2D eigenvalue weighted by Crippen LogP contribution is 2.47. The Hall–Kier alpha value is -1.66. The van der Waals surface area contributed by atoms with Crippen molar-refractivity contribution in [1.82, 2.24) is 13.9 Å². The molecular weight excluding hydrogens is 579 g/mol. The number of ether oxygens (including phenoxy) is 1. The minimum absolute atomic E-state index is 0.0173. The number of rotatable bonds is 5. The van der Waals surface area contributed by atoms with Crippen molar-refractivity contribution >= 4 is 60.8 Å². The van der Waals surface area contributed by atoms with Gasteiger partial charge in [0.15, 0.2) is 11.3 Å². The van der Waals surface area contributed by atoms with E-state index >= 15 is 0 Å². The number of anilines is 2. The van der Waals surface area contributed by atoms with Gasteiger partial charge in [-0.15, -0.1) is 0 Å². The first-order valence-corrected chi connectivity index (χ1v) is 13.9. The average molecular weight is 602 g/mol. The molecule has 186 valence electrons. The van der Waals surface area contributed by atoms with Crippen molar-refractivity contribution < 1.29 is 18.3 Å². The summed E-state index contributed by atoms with van der Waals surface area (Å²) in [5.74, 6) is 0.294. The van der Waals surface area contributed by atoms with Crippen LogP contribution >= 0.6 is 39.1 Å². The molecule has 3 aromatic rings. The largest absolute Gasteiger partial charge is 0.379 e. The van der Waals surface area contributed by atoms with Crippen molar-refractivity contribution in [3.8, 4) is 0 Å². The Bertz CT molecular complexity index is 1340. The molecular formula is C23H23BrCl2N4O4S. The van der Waals surface area contributed by atoms with E-state index in [1.807, 2.05) is 31.2 Å². The summed E-state index contributed by atoms with van der Waals surface area (Å²) in [6.45, 7) is 2.98. The van der Waals surface area contributed by atoms with Crippen molar-refractivity contribution in [2.24, 2.45) is 0 Å². The molecule has 1 aromatic heterocycles. The number of benzene rings is 2. The van der Waals surface area contributed by atoms with Crippen LogP contribution in [0.25, 0.3) is 0 Å². The fourth-order valence-corrected chi connectivity index (χ4v) is 7.08. The Labute approximate surface area is 222 Å². The number of hydrogen-bond acceptors (Lipinski definition) is 6. The number of sulfonamides is 1. The smallest absolute Gasteiger partial charge is 0.260 e. The zero-order chi connectivity index (χ0) is 25.0. The number of hydrogen-bond donors (Lipinski definition) is 1. The van der Waals surface area contributed by atoms with Gasteiger partial charge in [-0.1, -0.05) is 51.3 Å². The Kier molecular flexibility index (Phi) is 6.67. The molecule has 12 heteroatoms. The van der Waals surface area contributed by atoms with Crippen LogP contribution in [0.1, 0.15) is 12.5 Å². The van der Waals surface area contributed by atoms with Gasteiger partial charge in [0.25, 0.3) is 10.0 Å². The first kappa shape index (κ1) is 25.0. The van der Waals surface area contributed by atoms with Gasteiger partial charge in [-0.2, -0.15) is 4.31 Å². The molecule has 35 heavy (non-hydrogen) atoms. The number of halogens is 3. The van der Waals surface area contributed by atoms with Gasteiger partial charge in [0, 0.05) is 39.7 Å². The number of aromatic nitrogens is 2. The van der Waals surface area contributed by atoms with Crippen LogP contribution in [0.3, 0.4) is 0 Å². The zero-order valence-electron chi connectivity index (χ0n) is 18.7. The fraction of sp³-hybridized carbons (Fsp3) is 0.348. The summed E-state index contributed by atoms with van der Waals surface area (Å²) in [7, 11) is -3.90. The molecule has 8 nitrogen and oxygen atoms in total. The van der Waals surface area contributed by atoms with Crippen LogP contribution in [-0.2, 0) is 26.7 Å². The van der Waals surface area contributed by atoms with E-state index in [9.17, 15) is 13.5 Å². The van der Waals surface area contributed by atoms with Crippen molar-refractivity contribution in [3.63, 3.8) is 0 Å². The van der Waals surface area contributed by atoms with E-state index in [4.69, 9.17) is 27.9 Å². The molecule has 0 bridgehead atoms. The van der Waals surface area contributed by atoms with Crippen molar-refractivity contribution in [2.75, 3.05) is 31.2 Å². The minimum Gasteiger partial charge on any atom is -0.379 e. The van der Waals surface area contributed by atoms with Crippen LogP contribution in [0, 0.1) is 0 Å². The van der Waals surface area contributed by atoms with Crippen molar-refractivity contribution in [3.05, 3.63) is 68.7 Å². The zero-order valence-corrected chi connectivity index (χ0v) is 22.6. The lowest BCUT2D eigenvalue weighted by molar-refractivity contribution is 0.0660. The quantitative estimate of drug-likeness (QED) is 0.466. The molecule has 1 saturated heterocycles. The van der Waals surface area contributed by atoms with Gasteiger partial charge in [-0.05, 0) is 42.8 Å². The van der Waals surface area contributed by atoms with Crippen molar-refractivity contribution in [1.29, 1.82) is 0 Å². The first-order chi connectivity index (χ1) is 16.6. The van der Waals surface area contributed by atoms with Crippen LogP contribution in [0.5, 0.6) is 0 Å². The maximum Gasteiger partial charge on any atom is 0.260 e. The molecule has 1 fully saturated rings. The molecule has 2 atom stereocenters. The second kappa shape index (κ2) is 9.33. The summed E-state index contributed by atoms with van der Waals surface area (Å²) >= 11 is 16.0. The molecule has 2 aliphatic rings. The Morgan fingerprint density at radius 3 is 2.40 bits per heavy atom. The van der Waals surface area contributed by atoms with Gasteiger partial charge in [-0.25, -0.2) is 13.4 Å². The number of morpholine rings is 1. The van der Waals surface area contributed by atoms with Gasteiger partial charge in [0.05, 0.1) is 24.9 Å². The fourth-order valence-electron chi connectivity index (χ4n) is 4.70. The maximum absolute atomic E-state index is 13.7. The molecule has 1 N–H and O–H groups in total. The van der Waals surface area contributed by atoms with Gasteiger partial charge in [0.1, 0.15) is 0 Å². The summed E-state index contributed by atoms with van der Waals surface area (Å²) in [5.41, 5.74) is 0.357. The highest BCUT2D eigenvalue weighted by molar-refractivity contribution is 9.10. The highest BCUT2D eigenvalue weighted by Gasteiger charge is 2.52. The summed E-state index contributed by atoms with van der Waals surface area (Å²) in [6.07, 6.45) is 0.551. The molecule has 2 aromatic carbocycles. The lowest BCUT2D eigenvalue weighted by atomic mass is 9.91. The summed E-state index contributed by atoms with van der Waals surface area (Å²) in [6, 6.07) is 12.6. The predicted octanol–water partition coefficient (Wildman–Crippen LogP) is 4.40. The number of nitrogens with zero attached hydrogens (tertiary/aromatic N) is 4. The van der Waals surface area contributed by atoms with E-state index in [0.717, 1.165) is 10.0 Å². The minimum atomic E-state index is -3.90. The molecule has 0 amide bonds. The standard InChI is InChI=1S/C23H23BrCl2N4O4S/c1-23(13-15-2-4-16(24)5-3-15)21(31)29(19-11-17(25)10-18(26)12-19)22-27-14-20(30(22)23)35(32,33)28-6-8-34-9-7-28/h2-5,10-12,14,21,31H,6-9,13H2,1H3/t21?,23-/m1/s1. The second-order valence-corrected chi connectivity index (χ2v) is 12.5. The SMILES string of the molecule is C[C@@]1(Cc2ccc(Br)cc2)C(O)N(c2cc(Cl)cc(Cl)c2)c2ncc(S(=O)(=O)N3CCOCC3)n21. The third kappa shape index (κ3) is 4.39.